The Bertz CT molecular complexity index is 595. The van der Waals surface area contributed by atoms with Crippen molar-refractivity contribution in [2.75, 3.05) is 33.0 Å². The Balaban J connectivity index is 2.38. The maximum absolute atomic E-state index is 12.2. The first-order valence-corrected chi connectivity index (χ1v) is 11.5. The highest BCUT2D eigenvalue weighted by atomic mass is 16.6. The first-order chi connectivity index (χ1) is 15.2. The van der Waals surface area contributed by atoms with Gasteiger partial charge in [0, 0.05) is 12.6 Å². The van der Waals surface area contributed by atoms with Crippen molar-refractivity contribution in [1.29, 1.82) is 0 Å². The molecule has 2 atom stereocenters. The number of carbonyl (C=O) groups is 2. The summed E-state index contributed by atoms with van der Waals surface area (Å²) < 4.78 is 20.6. The van der Waals surface area contributed by atoms with E-state index in [1.807, 2.05) is 0 Å². The van der Waals surface area contributed by atoms with E-state index in [0.29, 0.717) is 33.0 Å². The lowest BCUT2D eigenvalue weighted by Gasteiger charge is -2.46. The molecule has 1 saturated carbocycles. The van der Waals surface area contributed by atoms with Gasteiger partial charge in [0.15, 0.2) is 0 Å². The van der Waals surface area contributed by atoms with Gasteiger partial charge in [-0.15, -0.1) is 0 Å². The van der Waals surface area contributed by atoms with Crippen molar-refractivity contribution in [2.45, 2.75) is 71.8 Å². The summed E-state index contributed by atoms with van der Waals surface area (Å²) in [6, 6.07) is -0.0111. The van der Waals surface area contributed by atoms with E-state index in [1.54, 1.807) is 0 Å². The van der Waals surface area contributed by atoms with Crippen LogP contribution >= 0.6 is 0 Å². The highest BCUT2D eigenvalue weighted by Gasteiger charge is 2.42. The molecule has 2 amide bonds. The Kier molecular flexibility index (Phi) is 12.7. The lowest BCUT2D eigenvalue weighted by atomic mass is 9.62. The minimum absolute atomic E-state index is 0.0111. The maximum atomic E-state index is 12.2. The third-order valence-corrected chi connectivity index (χ3v) is 5.44. The average Bonchev–Trinajstić information content (AvgIpc) is 2.70. The molecule has 184 valence electrons. The van der Waals surface area contributed by atoms with Gasteiger partial charge in [0.2, 0.25) is 0 Å². The number of hydrogen-bond acceptors (Lipinski definition) is 6. The molecule has 8 heteroatoms. The Morgan fingerprint density at radius 3 is 1.97 bits per heavy atom. The molecule has 0 aromatic heterocycles. The molecule has 0 aliphatic heterocycles. The van der Waals surface area contributed by atoms with Gasteiger partial charge in [0.25, 0.3) is 0 Å². The molecule has 8 nitrogen and oxygen atoms in total. The van der Waals surface area contributed by atoms with E-state index in [2.05, 4.69) is 44.6 Å². The summed E-state index contributed by atoms with van der Waals surface area (Å²) in [5.41, 5.74) is -0.123. The van der Waals surface area contributed by atoms with Crippen molar-refractivity contribution >= 4 is 12.2 Å². The van der Waals surface area contributed by atoms with Gasteiger partial charge in [-0.25, -0.2) is 9.59 Å². The Morgan fingerprint density at radius 2 is 1.41 bits per heavy atom. The molecule has 2 unspecified atom stereocenters. The summed E-state index contributed by atoms with van der Waals surface area (Å²) in [5, 5.41) is 5.90. The van der Waals surface area contributed by atoms with Crippen LogP contribution in [-0.2, 0) is 18.9 Å². The van der Waals surface area contributed by atoms with Crippen LogP contribution < -0.4 is 10.6 Å². The summed E-state index contributed by atoms with van der Waals surface area (Å²) in [7, 11) is 0. The summed E-state index contributed by atoms with van der Waals surface area (Å²) in [4.78, 5) is 24.3. The number of rotatable bonds is 15. The van der Waals surface area contributed by atoms with E-state index in [0.717, 1.165) is 44.9 Å². The van der Waals surface area contributed by atoms with Crippen LogP contribution in [0.1, 0.15) is 65.7 Å². The zero-order chi connectivity index (χ0) is 23.9. The molecule has 0 spiro atoms. The summed E-state index contributed by atoms with van der Waals surface area (Å²) in [6.45, 7) is 15.8. The number of carbonyl (C=O) groups excluding carboxylic acids is 2. The van der Waals surface area contributed by atoms with Crippen molar-refractivity contribution in [1.82, 2.24) is 10.6 Å². The fourth-order valence-electron chi connectivity index (χ4n) is 4.49. The lowest BCUT2D eigenvalue weighted by Crippen LogP contribution is -2.50. The third-order valence-electron chi connectivity index (χ3n) is 5.44. The van der Waals surface area contributed by atoms with Crippen LogP contribution in [-0.4, -0.2) is 51.2 Å². The normalized spacial score (nSPS) is 21.7. The molecule has 32 heavy (non-hydrogen) atoms. The number of alkyl carbamates (subject to hydrolysis) is 2. The van der Waals surface area contributed by atoms with Crippen molar-refractivity contribution in [3.05, 3.63) is 25.7 Å². The molecule has 0 aromatic rings. The van der Waals surface area contributed by atoms with E-state index >= 15 is 0 Å². The van der Waals surface area contributed by atoms with E-state index in [9.17, 15) is 9.59 Å². The summed E-state index contributed by atoms with van der Waals surface area (Å²) >= 11 is 0. The van der Waals surface area contributed by atoms with Crippen molar-refractivity contribution in [3.63, 3.8) is 0 Å². The topological polar surface area (TPSA) is 95.1 Å². The quantitative estimate of drug-likeness (QED) is 0.270. The van der Waals surface area contributed by atoms with Crippen LogP contribution in [0.25, 0.3) is 0 Å². The van der Waals surface area contributed by atoms with Crippen molar-refractivity contribution in [3.8, 4) is 0 Å². The van der Waals surface area contributed by atoms with E-state index in [-0.39, 0.29) is 16.9 Å². The molecule has 1 aliphatic rings. The maximum Gasteiger partial charge on any atom is 0.407 e. The Labute approximate surface area is 193 Å². The van der Waals surface area contributed by atoms with Crippen LogP contribution in [0.15, 0.2) is 25.7 Å². The molecule has 0 aromatic carbocycles. The Hall–Kier alpha value is -2.38. The summed E-state index contributed by atoms with van der Waals surface area (Å²) in [6.07, 6.45) is 7.65. The second-order valence-electron chi connectivity index (χ2n) is 9.52. The van der Waals surface area contributed by atoms with Crippen LogP contribution in [0, 0.1) is 10.8 Å². The number of ether oxygens (including phenoxy) is 4. The largest absolute Gasteiger partial charge is 0.502 e. The molecule has 1 rings (SSSR count). The molecule has 0 heterocycles. The van der Waals surface area contributed by atoms with E-state index in [1.165, 1.54) is 12.5 Å². The SMILES string of the molecule is C=COCCCCOC(=O)NCC1(C)CC(NC(=O)OCCCCOC=C)CC(C)(C)C1. The van der Waals surface area contributed by atoms with Gasteiger partial charge in [-0.3, -0.25) is 0 Å². The predicted octanol–water partition coefficient (Wildman–Crippen LogP) is 4.90. The molecule has 1 fully saturated rings. The van der Waals surface area contributed by atoms with Crippen LogP contribution in [0.5, 0.6) is 0 Å². The predicted molar refractivity (Wildman–Crippen MR) is 124 cm³/mol. The molecule has 2 N–H and O–H groups in total. The highest BCUT2D eigenvalue weighted by Crippen LogP contribution is 2.45. The standard InChI is InChI=1S/C24H42N2O6/c1-6-29-12-8-10-14-31-21(27)25-19-24(5)17-20(16-23(3,4)18-24)26-22(28)32-15-11-9-13-30-7-2/h6-7,20H,1-2,8-19H2,3-5H3,(H,25,27)(H,26,28). The second-order valence-corrected chi connectivity index (χ2v) is 9.52. The molecule has 1 aliphatic carbocycles. The average molecular weight is 455 g/mol. The van der Waals surface area contributed by atoms with Crippen molar-refractivity contribution < 1.29 is 28.5 Å². The monoisotopic (exact) mass is 454 g/mol. The molecular formula is C24H42N2O6. The van der Waals surface area contributed by atoms with Gasteiger partial charge in [0.1, 0.15) is 0 Å². The first kappa shape index (κ1) is 27.7. The van der Waals surface area contributed by atoms with Gasteiger partial charge in [0.05, 0.1) is 39.0 Å². The van der Waals surface area contributed by atoms with Crippen LogP contribution in [0.4, 0.5) is 9.59 Å². The van der Waals surface area contributed by atoms with Gasteiger partial charge in [-0.1, -0.05) is 33.9 Å². The summed E-state index contributed by atoms with van der Waals surface area (Å²) in [5.74, 6) is 0. The smallest absolute Gasteiger partial charge is 0.407 e. The number of hydrogen-bond donors (Lipinski definition) is 2. The molecule has 0 radical (unpaired) electrons. The number of nitrogens with one attached hydrogen (secondary N) is 2. The van der Waals surface area contributed by atoms with Gasteiger partial charge in [-0.05, 0) is 55.8 Å². The zero-order valence-electron chi connectivity index (χ0n) is 20.1. The molecule has 0 bridgehead atoms. The molecular weight excluding hydrogens is 412 g/mol. The van der Waals surface area contributed by atoms with Crippen LogP contribution in [0.3, 0.4) is 0 Å². The van der Waals surface area contributed by atoms with Crippen molar-refractivity contribution in [2.24, 2.45) is 10.8 Å². The van der Waals surface area contributed by atoms with Crippen LogP contribution in [0.2, 0.25) is 0 Å². The minimum atomic E-state index is -0.413. The first-order valence-electron chi connectivity index (χ1n) is 11.5. The number of unbranched alkanes of at least 4 members (excludes halogenated alkanes) is 2. The minimum Gasteiger partial charge on any atom is -0.502 e. The Morgan fingerprint density at radius 1 is 0.875 bits per heavy atom. The van der Waals surface area contributed by atoms with E-state index in [4.69, 9.17) is 18.9 Å². The van der Waals surface area contributed by atoms with E-state index < -0.39 is 12.2 Å². The third kappa shape index (κ3) is 12.5. The molecule has 0 saturated heterocycles. The zero-order valence-corrected chi connectivity index (χ0v) is 20.1. The van der Waals surface area contributed by atoms with Gasteiger partial charge in [-0.2, -0.15) is 0 Å². The number of amides is 2. The van der Waals surface area contributed by atoms with Gasteiger partial charge >= 0.3 is 12.2 Å². The highest BCUT2D eigenvalue weighted by molar-refractivity contribution is 5.68. The van der Waals surface area contributed by atoms with Gasteiger partial charge < -0.3 is 29.6 Å². The lowest BCUT2D eigenvalue weighted by molar-refractivity contribution is 0.0618. The fraction of sp³-hybridized carbons (Fsp3) is 0.750. The fourth-order valence-corrected chi connectivity index (χ4v) is 4.49. The second kappa shape index (κ2) is 14.6.